The number of carbonyl (C=O) groups excluding carboxylic acids is 1. The number of nitrogens with zero attached hydrogens (tertiary/aromatic N) is 2. The molecule has 33 heavy (non-hydrogen) atoms. The molecule has 7 heteroatoms. The maximum Gasteiger partial charge on any atom is 0.276 e. The number of benzene rings is 3. The van der Waals surface area contributed by atoms with Crippen molar-refractivity contribution in [2.45, 2.75) is 6.42 Å². The predicted molar refractivity (Wildman–Crippen MR) is 123 cm³/mol. The van der Waals surface area contributed by atoms with E-state index in [0.717, 1.165) is 17.2 Å². The van der Waals surface area contributed by atoms with Gasteiger partial charge in [-0.3, -0.25) is 14.9 Å². The Hall–Kier alpha value is -4.39. The molecule has 0 aliphatic carbocycles. The van der Waals surface area contributed by atoms with Crippen molar-refractivity contribution in [3.8, 4) is 11.1 Å². The number of amides is 1. The Morgan fingerprint density at radius 3 is 2.61 bits per heavy atom. The van der Waals surface area contributed by atoms with Gasteiger partial charge in [-0.05, 0) is 47.4 Å². The van der Waals surface area contributed by atoms with Crippen LogP contribution >= 0.6 is 0 Å². The number of H-pyrrole nitrogens is 1. The molecule has 0 bridgehead atoms. The third-order valence-electron chi connectivity index (χ3n) is 5.34. The average molecular weight is 440 g/mol. The zero-order valence-electron chi connectivity index (χ0n) is 17.3. The monoisotopic (exact) mass is 440 g/mol. The van der Waals surface area contributed by atoms with Crippen LogP contribution in [0.2, 0.25) is 0 Å². The average Bonchev–Trinajstić information content (AvgIpc) is 3.25. The molecule has 2 aromatic heterocycles. The minimum Gasteiger partial charge on any atom is -0.319 e. The van der Waals surface area contributed by atoms with Gasteiger partial charge < -0.3 is 5.32 Å². The van der Waals surface area contributed by atoms with E-state index >= 15 is 0 Å². The Kier molecular flexibility index (Phi) is 5.36. The highest BCUT2D eigenvalue weighted by atomic mass is 19.2. The van der Waals surface area contributed by atoms with Gasteiger partial charge in [0.1, 0.15) is 0 Å². The maximum absolute atomic E-state index is 14.3. The number of fused-ring (bicyclic) bond motifs is 1. The van der Waals surface area contributed by atoms with Crippen LogP contribution in [0.25, 0.3) is 22.0 Å². The molecular formula is C26H18F2N4O. The Balaban J connectivity index is 1.42. The molecule has 5 aromatic rings. The Morgan fingerprint density at radius 1 is 0.909 bits per heavy atom. The number of aromatic nitrogens is 3. The van der Waals surface area contributed by atoms with Crippen LogP contribution in [-0.4, -0.2) is 21.1 Å². The van der Waals surface area contributed by atoms with Crippen molar-refractivity contribution in [2.24, 2.45) is 0 Å². The summed E-state index contributed by atoms with van der Waals surface area (Å²) in [7, 11) is 0. The van der Waals surface area contributed by atoms with E-state index in [4.69, 9.17) is 0 Å². The molecule has 1 amide bonds. The lowest BCUT2D eigenvalue weighted by Gasteiger charge is -2.07. The molecule has 0 atom stereocenters. The maximum atomic E-state index is 14.3. The molecule has 5 rings (SSSR count). The Labute approximate surface area is 188 Å². The van der Waals surface area contributed by atoms with Crippen molar-refractivity contribution in [3.63, 3.8) is 0 Å². The lowest BCUT2D eigenvalue weighted by Crippen LogP contribution is -2.13. The summed E-state index contributed by atoms with van der Waals surface area (Å²) in [5, 5.41) is 10.3. The molecule has 3 aromatic carbocycles. The van der Waals surface area contributed by atoms with Crippen LogP contribution in [0.5, 0.6) is 0 Å². The smallest absolute Gasteiger partial charge is 0.276 e. The van der Waals surface area contributed by atoms with Gasteiger partial charge in [0, 0.05) is 17.1 Å². The van der Waals surface area contributed by atoms with Crippen molar-refractivity contribution >= 4 is 22.5 Å². The highest BCUT2D eigenvalue weighted by Crippen LogP contribution is 2.28. The first-order valence-corrected chi connectivity index (χ1v) is 10.3. The molecule has 5 nitrogen and oxygen atoms in total. The van der Waals surface area contributed by atoms with Crippen LogP contribution in [0.1, 0.15) is 21.6 Å². The van der Waals surface area contributed by atoms with Gasteiger partial charge in [-0.25, -0.2) is 8.78 Å². The summed E-state index contributed by atoms with van der Waals surface area (Å²) in [5.41, 5.74) is 3.95. The second-order valence-electron chi connectivity index (χ2n) is 7.63. The first kappa shape index (κ1) is 20.5. The van der Waals surface area contributed by atoms with Gasteiger partial charge in [0.15, 0.2) is 17.3 Å². The number of hydrogen-bond donors (Lipinski definition) is 2. The van der Waals surface area contributed by atoms with Crippen molar-refractivity contribution in [2.75, 3.05) is 5.32 Å². The van der Waals surface area contributed by atoms with Crippen LogP contribution in [0, 0.1) is 11.6 Å². The first-order chi connectivity index (χ1) is 16.1. The summed E-state index contributed by atoms with van der Waals surface area (Å²) in [6.45, 7) is 0. The molecule has 2 heterocycles. The van der Waals surface area contributed by atoms with E-state index in [-0.39, 0.29) is 11.3 Å². The fourth-order valence-electron chi connectivity index (χ4n) is 3.76. The van der Waals surface area contributed by atoms with Crippen LogP contribution in [0.15, 0.2) is 85.2 Å². The lowest BCUT2D eigenvalue weighted by atomic mass is 10.0. The number of carbonyl (C=O) groups is 1. The van der Waals surface area contributed by atoms with Gasteiger partial charge in [-0.2, -0.15) is 5.10 Å². The van der Waals surface area contributed by atoms with E-state index in [9.17, 15) is 13.6 Å². The molecule has 0 radical (unpaired) electrons. The highest BCUT2D eigenvalue weighted by molar-refractivity contribution is 6.11. The van der Waals surface area contributed by atoms with Crippen LogP contribution in [0.4, 0.5) is 14.5 Å². The number of halogens is 2. The standard InChI is InChI=1S/C26H18F2N4O/c27-22-8-4-7-20(24(22)28)18-9-10-23-21(13-18)25(32-31-23)26(33)30-19-12-17(14-29-15-19)11-16-5-2-1-3-6-16/h1-10,12-15H,11H2,(H,30,33)(H,31,32). The molecule has 0 aliphatic rings. The molecular weight excluding hydrogens is 422 g/mol. The van der Waals surface area contributed by atoms with E-state index in [1.165, 1.54) is 12.1 Å². The van der Waals surface area contributed by atoms with Crippen molar-refractivity contribution in [3.05, 3.63) is 114 Å². The van der Waals surface area contributed by atoms with Gasteiger partial charge in [-0.15, -0.1) is 0 Å². The molecule has 0 spiro atoms. The van der Waals surface area contributed by atoms with Crippen LogP contribution in [0.3, 0.4) is 0 Å². The van der Waals surface area contributed by atoms with Gasteiger partial charge in [0.25, 0.3) is 5.91 Å². The van der Waals surface area contributed by atoms with Gasteiger partial charge in [0.05, 0.1) is 17.4 Å². The second-order valence-corrected chi connectivity index (χ2v) is 7.63. The summed E-state index contributed by atoms with van der Waals surface area (Å²) in [5.74, 6) is -2.30. The second kappa shape index (κ2) is 8.63. The van der Waals surface area contributed by atoms with Crippen molar-refractivity contribution in [1.82, 2.24) is 15.2 Å². The summed E-state index contributed by atoms with van der Waals surface area (Å²) in [4.78, 5) is 17.2. The highest BCUT2D eigenvalue weighted by Gasteiger charge is 2.17. The van der Waals surface area contributed by atoms with Crippen LogP contribution < -0.4 is 5.32 Å². The zero-order chi connectivity index (χ0) is 22.8. The number of aromatic amines is 1. The van der Waals surface area contributed by atoms with Gasteiger partial charge >= 0.3 is 0 Å². The predicted octanol–water partition coefficient (Wildman–Crippen LogP) is 5.75. The number of rotatable bonds is 5. The van der Waals surface area contributed by atoms with E-state index < -0.39 is 17.5 Å². The summed E-state index contributed by atoms with van der Waals surface area (Å²) in [6.07, 6.45) is 4.01. The molecule has 2 N–H and O–H groups in total. The normalized spacial score (nSPS) is 11.0. The molecule has 0 aliphatic heterocycles. The summed E-state index contributed by atoms with van der Waals surface area (Å²) in [6, 6.07) is 20.8. The van der Waals surface area contributed by atoms with Gasteiger partial charge in [-0.1, -0.05) is 48.5 Å². The summed E-state index contributed by atoms with van der Waals surface area (Å²) >= 11 is 0. The molecule has 0 saturated heterocycles. The quantitative estimate of drug-likeness (QED) is 0.366. The largest absolute Gasteiger partial charge is 0.319 e. The van der Waals surface area contributed by atoms with E-state index in [0.29, 0.717) is 28.6 Å². The summed E-state index contributed by atoms with van der Waals surface area (Å²) < 4.78 is 27.9. The van der Waals surface area contributed by atoms with E-state index in [1.807, 2.05) is 36.4 Å². The minimum atomic E-state index is -0.937. The Morgan fingerprint density at radius 2 is 1.76 bits per heavy atom. The van der Waals surface area contributed by atoms with Crippen LogP contribution in [-0.2, 0) is 6.42 Å². The third-order valence-corrected chi connectivity index (χ3v) is 5.34. The number of anilines is 1. The van der Waals surface area contributed by atoms with E-state index in [1.54, 1.807) is 30.6 Å². The molecule has 162 valence electrons. The Bertz CT molecular complexity index is 1460. The van der Waals surface area contributed by atoms with E-state index in [2.05, 4.69) is 20.5 Å². The fraction of sp³-hybridized carbons (Fsp3) is 0.0385. The first-order valence-electron chi connectivity index (χ1n) is 10.3. The van der Waals surface area contributed by atoms with Crippen molar-refractivity contribution in [1.29, 1.82) is 0 Å². The number of pyridine rings is 1. The fourth-order valence-corrected chi connectivity index (χ4v) is 3.76. The topological polar surface area (TPSA) is 70.7 Å². The third kappa shape index (κ3) is 4.21. The molecule has 0 saturated carbocycles. The molecule has 0 unspecified atom stereocenters. The lowest BCUT2D eigenvalue weighted by molar-refractivity contribution is 0.102. The zero-order valence-corrected chi connectivity index (χ0v) is 17.3. The van der Waals surface area contributed by atoms with Gasteiger partial charge in [0.2, 0.25) is 0 Å². The SMILES string of the molecule is O=C(Nc1cncc(Cc2ccccc2)c1)c1n[nH]c2ccc(-c3cccc(F)c3F)cc12. The number of nitrogens with one attached hydrogen (secondary N) is 2. The van der Waals surface area contributed by atoms with Crippen molar-refractivity contribution < 1.29 is 13.6 Å². The minimum absolute atomic E-state index is 0.113. The molecule has 0 fully saturated rings. The number of hydrogen-bond acceptors (Lipinski definition) is 3.